The van der Waals surface area contributed by atoms with Gasteiger partial charge in [-0.15, -0.1) is 0 Å². The minimum Gasteiger partial charge on any atom is -0.380 e. The molecule has 134 valence electrons. The van der Waals surface area contributed by atoms with Crippen LogP contribution in [0.4, 0.5) is 13.2 Å². The van der Waals surface area contributed by atoms with Crippen LogP contribution in [0.3, 0.4) is 0 Å². The fourth-order valence-corrected chi connectivity index (χ4v) is 4.30. The Morgan fingerprint density at radius 3 is 2.52 bits per heavy atom. The summed E-state index contributed by atoms with van der Waals surface area (Å²) in [6.07, 6.45) is -5.56. The van der Waals surface area contributed by atoms with Crippen LogP contribution in [0.5, 0.6) is 0 Å². The number of thiophene rings is 1. The molecule has 0 saturated carbocycles. The van der Waals surface area contributed by atoms with E-state index in [0.717, 1.165) is 22.0 Å². The summed E-state index contributed by atoms with van der Waals surface area (Å²) in [5.74, 6) is -0.387. The van der Waals surface area contributed by atoms with Gasteiger partial charge in [-0.1, -0.05) is 25.1 Å². The molecule has 2 heterocycles. The molecule has 1 aromatic carbocycles. The summed E-state index contributed by atoms with van der Waals surface area (Å²) >= 11 is 1.47. The molecule has 0 radical (unpaired) electrons. The van der Waals surface area contributed by atoms with Gasteiger partial charge in [0.15, 0.2) is 5.60 Å². The van der Waals surface area contributed by atoms with Crippen LogP contribution in [0.2, 0.25) is 0 Å². The van der Waals surface area contributed by atoms with Gasteiger partial charge in [0.1, 0.15) is 0 Å². The van der Waals surface area contributed by atoms with E-state index in [2.05, 4.69) is 4.98 Å². The first-order chi connectivity index (χ1) is 11.7. The average molecular weight is 367 g/mol. The molecule has 0 aliphatic heterocycles. The molecule has 3 rings (SSSR count). The van der Waals surface area contributed by atoms with Gasteiger partial charge >= 0.3 is 6.18 Å². The zero-order valence-corrected chi connectivity index (χ0v) is 14.8. The monoisotopic (exact) mass is 367 g/mol. The van der Waals surface area contributed by atoms with Crippen molar-refractivity contribution in [3.05, 3.63) is 57.9 Å². The zero-order valence-electron chi connectivity index (χ0n) is 14.0. The van der Waals surface area contributed by atoms with Gasteiger partial charge in [0.25, 0.3) is 0 Å². The zero-order chi connectivity index (χ0) is 18.2. The third-order valence-corrected chi connectivity index (χ3v) is 5.55. The number of hydrogen-bond acceptors (Lipinski definition) is 2. The smallest absolute Gasteiger partial charge is 0.380 e. The summed E-state index contributed by atoms with van der Waals surface area (Å²) in [5.41, 5.74) is 0.206. The van der Waals surface area contributed by atoms with Gasteiger partial charge in [-0.25, -0.2) is 0 Å². The van der Waals surface area contributed by atoms with Crippen LogP contribution in [0.15, 0.2) is 41.1 Å². The molecule has 25 heavy (non-hydrogen) atoms. The Morgan fingerprint density at radius 2 is 1.92 bits per heavy atom. The largest absolute Gasteiger partial charge is 0.417 e. The lowest BCUT2D eigenvalue weighted by Crippen LogP contribution is -2.48. The van der Waals surface area contributed by atoms with Crippen molar-refractivity contribution in [2.24, 2.45) is 0 Å². The standard InChI is InChI=1S/C19H20F3NOS/c1-12(16-11-25-10-13(16)2)8-18(24,19(20,21)22)9-15-7-14-5-3-4-6-17(14)23-15/h3-7,10-12,23-24H,8-9H2,1-2H3. The Hall–Kier alpha value is -1.79. The molecule has 2 aromatic heterocycles. The molecule has 0 amide bonds. The maximum atomic E-state index is 13.7. The van der Waals surface area contributed by atoms with Crippen LogP contribution in [-0.4, -0.2) is 21.9 Å². The molecule has 0 saturated heterocycles. The van der Waals surface area contributed by atoms with E-state index in [0.29, 0.717) is 5.69 Å². The Bertz CT molecular complexity index is 834. The number of hydrogen-bond donors (Lipinski definition) is 2. The second kappa shape index (κ2) is 6.50. The molecular weight excluding hydrogens is 347 g/mol. The van der Waals surface area contributed by atoms with E-state index in [1.807, 2.05) is 41.9 Å². The highest BCUT2D eigenvalue weighted by Crippen LogP contribution is 2.41. The Balaban J connectivity index is 1.89. The van der Waals surface area contributed by atoms with Crippen molar-refractivity contribution in [2.45, 2.75) is 44.4 Å². The van der Waals surface area contributed by atoms with E-state index in [9.17, 15) is 18.3 Å². The lowest BCUT2D eigenvalue weighted by atomic mass is 9.83. The number of rotatable bonds is 5. The van der Waals surface area contributed by atoms with Gasteiger partial charge in [0.05, 0.1) is 0 Å². The van der Waals surface area contributed by atoms with E-state index in [4.69, 9.17) is 0 Å². The fourth-order valence-electron chi connectivity index (χ4n) is 3.32. The molecule has 3 aromatic rings. The number of benzene rings is 1. The Morgan fingerprint density at radius 1 is 1.20 bits per heavy atom. The number of aliphatic hydroxyl groups is 1. The highest BCUT2D eigenvalue weighted by molar-refractivity contribution is 7.08. The quantitative estimate of drug-likeness (QED) is 0.608. The lowest BCUT2D eigenvalue weighted by Gasteiger charge is -2.32. The van der Waals surface area contributed by atoms with E-state index in [1.54, 1.807) is 13.0 Å². The summed E-state index contributed by atoms with van der Waals surface area (Å²) in [5, 5.41) is 15.2. The third-order valence-electron chi connectivity index (χ3n) is 4.67. The number of halogens is 3. The minimum atomic E-state index is -4.71. The molecule has 0 spiro atoms. The normalized spacial score (nSPS) is 16.1. The molecule has 2 N–H and O–H groups in total. The first kappa shape index (κ1) is 18.0. The van der Waals surface area contributed by atoms with Crippen LogP contribution < -0.4 is 0 Å². The first-order valence-electron chi connectivity index (χ1n) is 8.08. The van der Waals surface area contributed by atoms with Crippen molar-refractivity contribution >= 4 is 22.2 Å². The summed E-state index contributed by atoms with van der Waals surface area (Å²) in [6, 6.07) is 8.96. The van der Waals surface area contributed by atoms with Crippen molar-refractivity contribution in [3.8, 4) is 0 Å². The van der Waals surface area contributed by atoms with Gasteiger partial charge in [-0.2, -0.15) is 24.5 Å². The number of aryl methyl sites for hydroxylation is 1. The molecule has 0 fully saturated rings. The predicted molar refractivity (Wildman–Crippen MR) is 95.1 cm³/mol. The van der Waals surface area contributed by atoms with Crippen molar-refractivity contribution < 1.29 is 18.3 Å². The van der Waals surface area contributed by atoms with E-state index >= 15 is 0 Å². The summed E-state index contributed by atoms with van der Waals surface area (Å²) in [7, 11) is 0. The number of nitrogens with one attached hydrogen (secondary N) is 1. The maximum Gasteiger partial charge on any atom is 0.417 e. The topological polar surface area (TPSA) is 36.0 Å². The highest BCUT2D eigenvalue weighted by atomic mass is 32.1. The molecule has 6 heteroatoms. The van der Waals surface area contributed by atoms with Gasteiger partial charge in [0, 0.05) is 17.6 Å². The molecular formula is C19H20F3NOS. The van der Waals surface area contributed by atoms with Crippen molar-refractivity contribution in [1.82, 2.24) is 4.98 Å². The summed E-state index contributed by atoms with van der Waals surface area (Å²) in [6.45, 7) is 3.61. The van der Waals surface area contributed by atoms with Crippen LogP contribution in [0.25, 0.3) is 10.9 Å². The van der Waals surface area contributed by atoms with Crippen molar-refractivity contribution in [3.63, 3.8) is 0 Å². The molecule has 0 aliphatic rings. The molecule has 2 nitrogen and oxygen atoms in total. The summed E-state index contributed by atoms with van der Waals surface area (Å²) < 4.78 is 41.1. The number of fused-ring (bicyclic) bond motifs is 1. The van der Waals surface area contributed by atoms with E-state index < -0.39 is 18.2 Å². The maximum absolute atomic E-state index is 13.7. The van der Waals surface area contributed by atoms with Gasteiger partial charge in [0.2, 0.25) is 0 Å². The van der Waals surface area contributed by atoms with Gasteiger partial charge in [-0.05, 0) is 58.7 Å². The SMILES string of the molecule is Cc1cscc1C(C)CC(O)(Cc1cc2ccccc2[nH]1)C(F)(F)F. The highest BCUT2D eigenvalue weighted by Gasteiger charge is 2.54. The van der Waals surface area contributed by atoms with E-state index in [1.165, 1.54) is 11.3 Å². The number of para-hydroxylation sites is 1. The number of H-pyrrole nitrogens is 1. The fraction of sp³-hybridized carbons (Fsp3) is 0.368. The van der Waals surface area contributed by atoms with Crippen molar-refractivity contribution in [2.75, 3.05) is 0 Å². The summed E-state index contributed by atoms with van der Waals surface area (Å²) in [4.78, 5) is 2.98. The Labute approximate surface area is 148 Å². The third kappa shape index (κ3) is 3.60. The van der Waals surface area contributed by atoms with Crippen LogP contribution in [0.1, 0.15) is 36.1 Å². The van der Waals surface area contributed by atoms with E-state index in [-0.39, 0.29) is 12.3 Å². The average Bonchev–Trinajstić information content (AvgIpc) is 3.10. The van der Waals surface area contributed by atoms with Crippen LogP contribution in [-0.2, 0) is 6.42 Å². The molecule has 2 unspecified atom stereocenters. The molecule has 2 atom stereocenters. The number of aromatic nitrogens is 1. The second-order valence-corrected chi connectivity index (χ2v) is 7.45. The van der Waals surface area contributed by atoms with Crippen molar-refractivity contribution in [1.29, 1.82) is 0 Å². The number of aromatic amines is 1. The number of alkyl halides is 3. The molecule has 0 aliphatic carbocycles. The molecule has 0 bridgehead atoms. The first-order valence-corrected chi connectivity index (χ1v) is 9.02. The van der Waals surface area contributed by atoms with Crippen LogP contribution in [0, 0.1) is 6.92 Å². The minimum absolute atomic E-state index is 0.372. The van der Waals surface area contributed by atoms with Gasteiger partial charge in [-0.3, -0.25) is 0 Å². The second-order valence-electron chi connectivity index (χ2n) is 6.70. The lowest BCUT2D eigenvalue weighted by molar-refractivity contribution is -0.263. The van der Waals surface area contributed by atoms with Crippen LogP contribution >= 0.6 is 11.3 Å². The Kier molecular flexibility index (Phi) is 4.68. The van der Waals surface area contributed by atoms with Gasteiger partial charge < -0.3 is 10.1 Å². The predicted octanol–water partition coefficient (Wildman–Crippen LogP) is 5.57.